The molecule has 0 unspecified atom stereocenters. The van der Waals surface area contributed by atoms with Crippen molar-refractivity contribution in [2.75, 3.05) is 7.11 Å². The van der Waals surface area contributed by atoms with Crippen LogP contribution in [-0.4, -0.2) is 12.9 Å². The fraction of sp³-hybridized carbons (Fsp3) is 0.417. The quantitative estimate of drug-likeness (QED) is 0.677. The molecule has 1 aliphatic rings. The van der Waals surface area contributed by atoms with Crippen molar-refractivity contribution in [1.29, 1.82) is 0 Å². The summed E-state index contributed by atoms with van der Waals surface area (Å²) in [5.41, 5.74) is 3.56. The zero-order chi connectivity index (χ0) is 10.1. The van der Waals surface area contributed by atoms with Gasteiger partial charge in [0.15, 0.2) is 0 Å². The van der Waals surface area contributed by atoms with Crippen molar-refractivity contribution in [3.63, 3.8) is 0 Å². The van der Waals surface area contributed by atoms with Gasteiger partial charge in [-0.1, -0.05) is 6.07 Å². The maximum Gasteiger partial charge on any atom is 0.137 e. The molecule has 0 amide bonds. The highest BCUT2D eigenvalue weighted by atomic mass is 16.5. The van der Waals surface area contributed by atoms with Crippen molar-refractivity contribution in [2.24, 2.45) is 0 Å². The summed E-state index contributed by atoms with van der Waals surface area (Å²) in [4.78, 5) is 11.3. The van der Waals surface area contributed by atoms with Gasteiger partial charge in [0.05, 0.1) is 7.11 Å². The molecular formula is C12H14O2. The lowest BCUT2D eigenvalue weighted by Crippen LogP contribution is -2.13. The molecule has 0 fully saturated rings. The molecule has 0 N–H and O–H groups in total. The molecule has 0 atom stereocenters. The first kappa shape index (κ1) is 9.25. The minimum atomic E-state index is 0.349. The second-order valence-corrected chi connectivity index (χ2v) is 3.81. The van der Waals surface area contributed by atoms with Crippen LogP contribution in [-0.2, 0) is 17.6 Å². The first-order chi connectivity index (χ1) is 6.70. The Bertz CT molecular complexity index is 380. The van der Waals surface area contributed by atoms with E-state index in [1.165, 1.54) is 11.1 Å². The number of fused-ring (bicyclic) bond motifs is 1. The minimum absolute atomic E-state index is 0.349. The van der Waals surface area contributed by atoms with E-state index in [9.17, 15) is 4.79 Å². The normalized spacial score (nSPS) is 15.1. The third-order valence-electron chi connectivity index (χ3n) is 2.78. The SMILES string of the molecule is COc1cc2c(cc1C)CC(=O)CC2. The molecule has 2 nitrogen and oxygen atoms in total. The number of rotatable bonds is 1. The molecule has 1 aliphatic carbocycles. The molecule has 0 radical (unpaired) electrons. The number of aryl methyl sites for hydroxylation is 2. The molecule has 1 aromatic carbocycles. The average Bonchev–Trinajstić information content (AvgIpc) is 2.16. The number of Topliss-reactive ketones (excluding diaryl/α,β-unsaturated/α-hetero) is 1. The first-order valence-electron chi connectivity index (χ1n) is 4.89. The Morgan fingerprint density at radius 2 is 2.00 bits per heavy atom. The summed E-state index contributed by atoms with van der Waals surface area (Å²) >= 11 is 0. The Kier molecular flexibility index (Phi) is 2.28. The molecule has 0 saturated heterocycles. The zero-order valence-electron chi connectivity index (χ0n) is 8.59. The van der Waals surface area contributed by atoms with Crippen LogP contribution in [0, 0.1) is 6.92 Å². The number of carbonyl (C=O) groups is 1. The molecule has 0 heterocycles. The van der Waals surface area contributed by atoms with Gasteiger partial charge in [-0.25, -0.2) is 0 Å². The predicted molar refractivity (Wildman–Crippen MR) is 54.8 cm³/mol. The highest BCUT2D eigenvalue weighted by Gasteiger charge is 2.16. The highest BCUT2D eigenvalue weighted by molar-refractivity contribution is 5.83. The maximum absolute atomic E-state index is 11.3. The van der Waals surface area contributed by atoms with E-state index in [1.807, 2.05) is 6.92 Å². The molecule has 0 saturated carbocycles. The molecule has 0 aliphatic heterocycles. The van der Waals surface area contributed by atoms with Crippen LogP contribution in [0.5, 0.6) is 5.75 Å². The monoisotopic (exact) mass is 190 g/mol. The zero-order valence-corrected chi connectivity index (χ0v) is 8.59. The summed E-state index contributed by atoms with van der Waals surface area (Å²) in [5, 5.41) is 0. The van der Waals surface area contributed by atoms with Crippen molar-refractivity contribution >= 4 is 5.78 Å². The summed E-state index contributed by atoms with van der Waals surface area (Å²) in [6.45, 7) is 2.01. The lowest BCUT2D eigenvalue weighted by atomic mass is 9.89. The first-order valence-corrected chi connectivity index (χ1v) is 4.89. The van der Waals surface area contributed by atoms with Crippen LogP contribution < -0.4 is 4.74 Å². The Morgan fingerprint density at radius 1 is 1.21 bits per heavy atom. The number of benzene rings is 1. The van der Waals surface area contributed by atoms with Crippen LogP contribution >= 0.6 is 0 Å². The predicted octanol–water partition coefficient (Wildman–Crippen LogP) is 2.06. The van der Waals surface area contributed by atoms with Gasteiger partial charge in [-0.05, 0) is 36.1 Å². The summed E-state index contributed by atoms with van der Waals surface area (Å²) in [6, 6.07) is 4.14. The molecule has 2 heteroatoms. The lowest BCUT2D eigenvalue weighted by Gasteiger charge is -2.17. The number of hydrogen-bond acceptors (Lipinski definition) is 2. The van der Waals surface area contributed by atoms with Gasteiger partial charge >= 0.3 is 0 Å². The molecule has 0 aromatic heterocycles. The number of ketones is 1. The van der Waals surface area contributed by atoms with Crippen LogP contribution in [0.1, 0.15) is 23.1 Å². The number of ether oxygens (including phenoxy) is 1. The third kappa shape index (κ3) is 1.52. The Balaban J connectivity index is 2.45. The average molecular weight is 190 g/mol. The number of carbonyl (C=O) groups excluding carboxylic acids is 1. The van der Waals surface area contributed by atoms with Crippen LogP contribution in [0.4, 0.5) is 0 Å². The van der Waals surface area contributed by atoms with E-state index >= 15 is 0 Å². The maximum atomic E-state index is 11.3. The van der Waals surface area contributed by atoms with Crippen molar-refractivity contribution in [3.8, 4) is 5.75 Å². The number of hydrogen-bond donors (Lipinski definition) is 0. The van der Waals surface area contributed by atoms with Crippen LogP contribution in [0.3, 0.4) is 0 Å². The van der Waals surface area contributed by atoms with E-state index in [4.69, 9.17) is 4.74 Å². The second-order valence-electron chi connectivity index (χ2n) is 3.81. The fourth-order valence-corrected chi connectivity index (χ4v) is 1.98. The van der Waals surface area contributed by atoms with Gasteiger partial charge in [-0.3, -0.25) is 4.79 Å². The van der Waals surface area contributed by atoms with Gasteiger partial charge in [0, 0.05) is 12.8 Å². The summed E-state index contributed by atoms with van der Waals surface area (Å²) in [5.74, 6) is 1.28. The second kappa shape index (κ2) is 3.45. The van der Waals surface area contributed by atoms with Crippen molar-refractivity contribution in [2.45, 2.75) is 26.2 Å². The van der Waals surface area contributed by atoms with Crippen molar-refractivity contribution in [1.82, 2.24) is 0 Å². The molecule has 74 valence electrons. The van der Waals surface area contributed by atoms with Gasteiger partial charge < -0.3 is 4.74 Å². The Hall–Kier alpha value is -1.31. The Morgan fingerprint density at radius 3 is 2.71 bits per heavy atom. The topological polar surface area (TPSA) is 26.3 Å². The smallest absolute Gasteiger partial charge is 0.137 e. The van der Waals surface area contributed by atoms with Crippen LogP contribution in [0.25, 0.3) is 0 Å². The van der Waals surface area contributed by atoms with E-state index in [0.717, 1.165) is 17.7 Å². The van der Waals surface area contributed by atoms with Gasteiger partial charge in [0.2, 0.25) is 0 Å². The van der Waals surface area contributed by atoms with E-state index in [-0.39, 0.29) is 0 Å². The van der Waals surface area contributed by atoms with Gasteiger partial charge in [-0.15, -0.1) is 0 Å². The molecule has 1 aromatic rings. The van der Waals surface area contributed by atoms with E-state index in [0.29, 0.717) is 18.6 Å². The van der Waals surface area contributed by atoms with Crippen LogP contribution in [0.2, 0.25) is 0 Å². The van der Waals surface area contributed by atoms with Gasteiger partial charge in [0.25, 0.3) is 0 Å². The van der Waals surface area contributed by atoms with Crippen molar-refractivity contribution in [3.05, 3.63) is 28.8 Å². The lowest BCUT2D eigenvalue weighted by molar-refractivity contribution is -0.118. The summed E-state index contributed by atoms with van der Waals surface area (Å²) in [7, 11) is 1.68. The minimum Gasteiger partial charge on any atom is -0.496 e. The van der Waals surface area contributed by atoms with E-state index < -0.39 is 0 Å². The van der Waals surface area contributed by atoms with Crippen molar-refractivity contribution < 1.29 is 9.53 Å². The number of methoxy groups -OCH3 is 1. The molecule has 0 spiro atoms. The van der Waals surface area contributed by atoms with E-state index in [1.54, 1.807) is 7.11 Å². The summed E-state index contributed by atoms with van der Waals surface area (Å²) in [6.07, 6.45) is 2.14. The van der Waals surface area contributed by atoms with E-state index in [2.05, 4.69) is 12.1 Å². The third-order valence-corrected chi connectivity index (χ3v) is 2.78. The van der Waals surface area contributed by atoms with Gasteiger partial charge in [0.1, 0.15) is 11.5 Å². The largest absolute Gasteiger partial charge is 0.496 e. The highest BCUT2D eigenvalue weighted by Crippen LogP contribution is 2.27. The standard InChI is InChI=1S/C12H14O2/c1-8-5-10-6-11(13)4-3-9(10)7-12(8)14-2/h5,7H,3-4,6H2,1-2H3. The summed E-state index contributed by atoms with van der Waals surface area (Å²) < 4.78 is 5.25. The molecule has 2 rings (SSSR count). The molecule has 14 heavy (non-hydrogen) atoms. The molecule has 0 bridgehead atoms. The van der Waals surface area contributed by atoms with Gasteiger partial charge in [-0.2, -0.15) is 0 Å². The van der Waals surface area contributed by atoms with Crippen LogP contribution in [0.15, 0.2) is 12.1 Å². The fourth-order valence-electron chi connectivity index (χ4n) is 1.98. The molecular weight excluding hydrogens is 176 g/mol. The Labute approximate surface area is 83.9 Å².